The molecule has 6 heteroatoms. The van der Waals surface area contributed by atoms with E-state index in [4.69, 9.17) is 0 Å². The third-order valence-electron chi connectivity index (χ3n) is 5.17. The second-order valence-electron chi connectivity index (χ2n) is 7.65. The molecular formula is C21H31N5O. The lowest BCUT2D eigenvalue weighted by molar-refractivity contribution is 0.199. The van der Waals surface area contributed by atoms with Crippen LogP contribution in [0, 0.1) is 5.92 Å². The van der Waals surface area contributed by atoms with Crippen molar-refractivity contribution in [1.82, 2.24) is 24.9 Å². The minimum absolute atomic E-state index is 0.0160. The number of urea groups is 1. The van der Waals surface area contributed by atoms with E-state index in [1.165, 1.54) is 24.8 Å². The molecule has 0 aliphatic carbocycles. The molecule has 1 fully saturated rings. The number of rotatable bonds is 6. The first-order valence-corrected chi connectivity index (χ1v) is 9.83. The molecule has 1 aliphatic heterocycles. The standard InChI is InChI=1S/C21H31N5O/c1-24(14-20-13-23-25(2)15-20)21(27)22-12-19-10-6-7-11-26(17-19)16-18-8-4-3-5-9-18/h3-5,8-9,13,15,19H,6-7,10-12,14,16-17H2,1-2H3,(H,22,27). The predicted molar refractivity (Wildman–Crippen MR) is 107 cm³/mol. The molecule has 2 amide bonds. The quantitative estimate of drug-likeness (QED) is 0.852. The van der Waals surface area contributed by atoms with Crippen LogP contribution in [0.2, 0.25) is 0 Å². The first-order chi connectivity index (χ1) is 13.1. The average Bonchev–Trinajstić information content (AvgIpc) is 2.94. The topological polar surface area (TPSA) is 53.4 Å². The van der Waals surface area contributed by atoms with Gasteiger partial charge < -0.3 is 10.2 Å². The van der Waals surface area contributed by atoms with Gasteiger partial charge in [0, 0.05) is 45.5 Å². The number of carbonyl (C=O) groups excluding carboxylic acids is 1. The number of nitrogens with zero attached hydrogens (tertiary/aromatic N) is 4. The molecule has 0 spiro atoms. The zero-order valence-corrected chi connectivity index (χ0v) is 16.5. The lowest BCUT2D eigenvalue weighted by Gasteiger charge is -2.25. The molecule has 0 radical (unpaired) electrons. The molecule has 1 aliphatic rings. The molecule has 1 aromatic carbocycles. The van der Waals surface area contributed by atoms with E-state index in [1.807, 2.05) is 20.3 Å². The van der Waals surface area contributed by atoms with Crippen molar-refractivity contribution >= 4 is 6.03 Å². The summed E-state index contributed by atoms with van der Waals surface area (Å²) < 4.78 is 1.76. The highest BCUT2D eigenvalue weighted by atomic mass is 16.2. The average molecular weight is 370 g/mol. The van der Waals surface area contributed by atoms with Crippen LogP contribution in [0.3, 0.4) is 0 Å². The van der Waals surface area contributed by atoms with Crippen LogP contribution in [-0.4, -0.2) is 52.3 Å². The molecule has 0 bridgehead atoms. The van der Waals surface area contributed by atoms with Gasteiger partial charge in [-0.2, -0.15) is 5.10 Å². The second-order valence-corrected chi connectivity index (χ2v) is 7.65. The lowest BCUT2D eigenvalue weighted by atomic mass is 10.0. The Morgan fingerprint density at radius 2 is 2.07 bits per heavy atom. The summed E-state index contributed by atoms with van der Waals surface area (Å²) in [6, 6.07) is 10.6. The molecule has 1 saturated heterocycles. The van der Waals surface area contributed by atoms with Gasteiger partial charge in [-0.1, -0.05) is 36.8 Å². The van der Waals surface area contributed by atoms with E-state index < -0.39 is 0 Å². The maximum Gasteiger partial charge on any atom is 0.317 e. The minimum Gasteiger partial charge on any atom is -0.338 e. The van der Waals surface area contributed by atoms with Crippen molar-refractivity contribution in [3.05, 3.63) is 53.9 Å². The van der Waals surface area contributed by atoms with E-state index in [1.54, 1.807) is 15.8 Å². The van der Waals surface area contributed by atoms with Crippen molar-refractivity contribution in [3.63, 3.8) is 0 Å². The molecule has 1 aromatic heterocycles. The first-order valence-electron chi connectivity index (χ1n) is 9.83. The van der Waals surface area contributed by atoms with Crippen molar-refractivity contribution in [3.8, 4) is 0 Å². The van der Waals surface area contributed by atoms with Crippen LogP contribution in [-0.2, 0) is 20.1 Å². The number of amides is 2. The molecule has 146 valence electrons. The maximum absolute atomic E-state index is 12.4. The zero-order valence-electron chi connectivity index (χ0n) is 16.5. The molecule has 1 unspecified atom stereocenters. The van der Waals surface area contributed by atoms with Gasteiger partial charge in [0.15, 0.2) is 0 Å². The van der Waals surface area contributed by atoms with Gasteiger partial charge in [-0.3, -0.25) is 9.58 Å². The van der Waals surface area contributed by atoms with Crippen LogP contribution < -0.4 is 5.32 Å². The summed E-state index contributed by atoms with van der Waals surface area (Å²) in [5, 5.41) is 7.28. The van der Waals surface area contributed by atoms with Crippen LogP contribution in [0.15, 0.2) is 42.7 Å². The van der Waals surface area contributed by atoms with E-state index in [0.29, 0.717) is 12.5 Å². The van der Waals surface area contributed by atoms with Crippen molar-refractivity contribution in [1.29, 1.82) is 0 Å². The van der Waals surface area contributed by atoms with Crippen LogP contribution >= 0.6 is 0 Å². The van der Waals surface area contributed by atoms with E-state index in [-0.39, 0.29) is 6.03 Å². The number of benzene rings is 1. The molecule has 0 saturated carbocycles. The highest BCUT2D eigenvalue weighted by Crippen LogP contribution is 2.18. The fourth-order valence-corrected chi connectivity index (χ4v) is 3.73. The fourth-order valence-electron chi connectivity index (χ4n) is 3.73. The van der Waals surface area contributed by atoms with Gasteiger partial charge in [0.2, 0.25) is 0 Å². The summed E-state index contributed by atoms with van der Waals surface area (Å²) >= 11 is 0. The Balaban J connectivity index is 1.46. The van der Waals surface area contributed by atoms with Gasteiger partial charge in [0.25, 0.3) is 0 Å². The highest BCUT2D eigenvalue weighted by molar-refractivity contribution is 5.73. The number of hydrogen-bond acceptors (Lipinski definition) is 3. The first kappa shape index (κ1) is 19.4. The van der Waals surface area contributed by atoms with Crippen molar-refractivity contribution in [2.24, 2.45) is 13.0 Å². The van der Waals surface area contributed by atoms with Crippen molar-refractivity contribution in [2.75, 3.05) is 26.7 Å². The number of aryl methyl sites for hydroxylation is 1. The minimum atomic E-state index is -0.0160. The van der Waals surface area contributed by atoms with Gasteiger partial charge in [-0.05, 0) is 30.9 Å². The Morgan fingerprint density at radius 1 is 1.26 bits per heavy atom. The SMILES string of the molecule is CN(Cc1cnn(C)c1)C(=O)NCC1CCCCN(Cc2ccccc2)C1. The van der Waals surface area contributed by atoms with Crippen LogP contribution in [0.4, 0.5) is 4.79 Å². The van der Waals surface area contributed by atoms with Gasteiger partial charge in [-0.15, -0.1) is 0 Å². The smallest absolute Gasteiger partial charge is 0.317 e. The Labute approximate surface area is 162 Å². The molecule has 6 nitrogen and oxygen atoms in total. The molecular weight excluding hydrogens is 338 g/mol. The van der Waals surface area contributed by atoms with Gasteiger partial charge in [0.05, 0.1) is 12.7 Å². The van der Waals surface area contributed by atoms with E-state index in [9.17, 15) is 4.79 Å². The monoisotopic (exact) mass is 369 g/mol. The van der Waals surface area contributed by atoms with E-state index in [2.05, 4.69) is 45.6 Å². The van der Waals surface area contributed by atoms with E-state index >= 15 is 0 Å². The third-order valence-corrected chi connectivity index (χ3v) is 5.17. The number of carbonyl (C=O) groups is 1. The summed E-state index contributed by atoms with van der Waals surface area (Å²) in [5.74, 6) is 0.506. The van der Waals surface area contributed by atoms with E-state index in [0.717, 1.165) is 31.7 Å². The van der Waals surface area contributed by atoms with Crippen LogP contribution in [0.25, 0.3) is 0 Å². The fraction of sp³-hybridized carbons (Fsp3) is 0.524. The largest absolute Gasteiger partial charge is 0.338 e. The molecule has 1 atom stereocenters. The van der Waals surface area contributed by atoms with Crippen molar-refractivity contribution < 1.29 is 4.79 Å². The Bertz CT molecular complexity index is 714. The summed E-state index contributed by atoms with van der Waals surface area (Å²) in [7, 11) is 3.72. The number of hydrogen-bond donors (Lipinski definition) is 1. The second kappa shape index (κ2) is 9.55. The van der Waals surface area contributed by atoms with Gasteiger partial charge in [-0.25, -0.2) is 4.79 Å². The molecule has 1 N–H and O–H groups in total. The number of likely N-dealkylation sites (tertiary alicyclic amines) is 1. The summed E-state index contributed by atoms with van der Waals surface area (Å²) in [6.45, 7) is 4.49. The Morgan fingerprint density at radius 3 is 2.81 bits per heavy atom. The van der Waals surface area contributed by atoms with Crippen LogP contribution in [0.1, 0.15) is 30.4 Å². The highest BCUT2D eigenvalue weighted by Gasteiger charge is 2.20. The molecule has 3 rings (SSSR count). The number of nitrogens with one attached hydrogen (secondary N) is 1. The lowest BCUT2D eigenvalue weighted by Crippen LogP contribution is -2.41. The van der Waals surface area contributed by atoms with Gasteiger partial charge in [0.1, 0.15) is 0 Å². The zero-order chi connectivity index (χ0) is 19.1. The van der Waals surface area contributed by atoms with Crippen molar-refractivity contribution in [2.45, 2.75) is 32.4 Å². The predicted octanol–water partition coefficient (Wildman–Crippen LogP) is 2.86. The maximum atomic E-state index is 12.4. The summed E-state index contributed by atoms with van der Waals surface area (Å²) in [5.41, 5.74) is 2.40. The third kappa shape index (κ3) is 6.10. The Kier molecular flexibility index (Phi) is 6.87. The van der Waals surface area contributed by atoms with Crippen LogP contribution in [0.5, 0.6) is 0 Å². The molecule has 2 heterocycles. The molecule has 2 aromatic rings. The van der Waals surface area contributed by atoms with Gasteiger partial charge >= 0.3 is 6.03 Å². The summed E-state index contributed by atoms with van der Waals surface area (Å²) in [4.78, 5) is 16.7. The summed E-state index contributed by atoms with van der Waals surface area (Å²) in [6.07, 6.45) is 7.39. The normalized spacial score (nSPS) is 18.1. The molecule has 27 heavy (non-hydrogen) atoms. The Hall–Kier alpha value is -2.34. The number of aromatic nitrogens is 2.